The monoisotopic (exact) mass is 653 g/mol. The fourth-order valence-electron chi connectivity index (χ4n) is 7.02. The first-order valence-electron chi connectivity index (χ1n) is 20.1. The number of carbonyl (C=O) groups is 2. The zero-order valence-corrected chi connectivity index (χ0v) is 31.2. The highest BCUT2D eigenvalue weighted by atomic mass is 16.6. The molecule has 0 spiro atoms. The third-order valence-electron chi connectivity index (χ3n) is 10.4. The van der Waals surface area contributed by atoms with E-state index in [1.807, 2.05) is 13.8 Å². The molecule has 0 aliphatic carbocycles. The Kier molecular flexibility index (Phi) is 26.8. The van der Waals surface area contributed by atoms with Crippen LogP contribution in [0.15, 0.2) is 0 Å². The molecule has 0 aromatic carbocycles. The second-order valence-corrected chi connectivity index (χ2v) is 14.3. The lowest BCUT2D eigenvalue weighted by molar-refractivity contribution is -1.01. The number of hydrogen-bond acceptors (Lipinski definition) is 6. The average Bonchev–Trinajstić information content (AvgIpc) is 3.05. The van der Waals surface area contributed by atoms with Crippen molar-refractivity contribution in [1.82, 2.24) is 4.90 Å². The molecular weight excluding hydrogens is 574 g/mol. The fraction of sp³-hybridized carbons (Fsp3) is 0.949. The summed E-state index contributed by atoms with van der Waals surface area (Å²) in [5.74, 6) is -0.239. The lowest BCUT2D eigenvalue weighted by Crippen LogP contribution is -2.68. The van der Waals surface area contributed by atoms with Crippen LogP contribution in [0.5, 0.6) is 0 Å². The molecule has 0 bridgehead atoms. The molecule has 7 heteroatoms. The highest BCUT2D eigenvalue weighted by molar-refractivity contribution is 5.69. The first-order chi connectivity index (χ1) is 22.4. The van der Waals surface area contributed by atoms with E-state index in [9.17, 15) is 9.59 Å². The first kappa shape index (κ1) is 42.8. The molecule has 0 aromatic heterocycles. The molecule has 0 amide bonds. The van der Waals surface area contributed by atoms with E-state index < -0.39 is 0 Å². The Morgan fingerprint density at radius 1 is 0.565 bits per heavy atom. The Balaban J connectivity index is 2.43. The molecule has 272 valence electrons. The van der Waals surface area contributed by atoms with Gasteiger partial charge in [-0.25, -0.2) is 0 Å². The van der Waals surface area contributed by atoms with Crippen LogP contribution in [0, 0.1) is 0 Å². The van der Waals surface area contributed by atoms with Gasteiger partial charge < -0.3 is 15.2 Å². The van der Waals surface area contributed by atoms with E-state index in [-0.39, 0.29) is 24.4 Å². The van der Waals surface area contributed by atoms with Gasteiger partial charge in [0.05, 0.1) is 13.1 Å². The van der Waals surface area contributed by atoms with E-state index >= 15 is 0 Å². The van der Waals surface area contributed by atoms with Crippen molar-refractivity contribution in [3.05, 3.63) is 0 Å². The largest absolute Gasteiger partial charge is 0.413 e. The van der Waals surface area contributed by atoms with Crippen molar-refractivity contribution in [2.75, 3.05) is 39.3 Å². The van der Waals surface area contributed by atoms with Crippen molar-refractivity contribution in [3.8, 4) is 0 Å². The summed E-state index contributed by atoms with van der Waals surface area (Å²) in [6.07, 6.45) is 29.0. The molecule has 2 unspecified atom stereocenters. The molecule has 1 rings (SSSR count). The molecule has 2 N–H and O–H groups in total. The molecule has 0 aromatic rings. The molecule has 1 aliphatic rings. The minimum Gasteiger partial charge on any atom is -0.413 e. The summed E-state index contributed by atoms with van der Waals surface area (Å²) in [6, 6.07) is 0. The van der Waals surface area contributed by atoms with Crippen molar-refractivity contribution in [2.24, 2.45) is 5.73 Å². The lowest BCUT2D eigenvalue weighted by Gasteiger charge is -2.49. The Morgan fingerprint density at radius 2 is 0.891 bits per heavy atom. The van der Waals surface area contributed by atoms with Crippen molar-refractivity contribution in [1.29, 1.82) is 0 Å². The van der Waals surface area contributed by atoms with Gasteiger partial charge in [0, 0.05) is 39.8 Å². The van der Waals surface area contributed by atoms with Crippen molar-refractivity contribution >= 4 is 11.9 Å². The number of nitrogens with two attached hydrogens (primary N) is 1. The molecule has 0 radical (unpaired) electrons. The summed E-state index contributed by atoms with van der Waals surface area (Å²) < 4.78 is 12.7. The molecule has 1 heterocycles. The van der Waals surface area contributed by atoms with Crippen LogP contribution in [0.3, 0.4) is 0 Å². The number of rotatable bonds is 31. The van der Waals surface area contributed by atoms with Crippen LogP contribution in [0.4, 0.5) is 0 Å². The fourth-order valence-corrected chi connectivity index (χ4v) is 7.02. The van der Waals surface area contributed by atoms with E-state index in [1.165, 1.54) is 116 Å². The van der Waals surface area contributed by atoms with Crippen LogP contribution >= 0.6 is 0 Å². The second-order valence-electron chi connectivity index (χ2n) is 14.3. The van der Waals surface area contributed by atoms with Crippen LogP contribution in [0.2, 0.25) is 0 Å². The molecule has 1 aliphatic heterocycles. The maximum atomic E-state index is 12.9. The van der Waals surface area contributed by atoms with Gasteiger partial charge in [-0.3, -0.25) is 19.0 Å². The quantitative estimate of drug-likeness (QED) is 0.0456. The number of esters is 2. The Morgan fingerprint density at radius 3 is 1.22 bits per heavy atom. The van der Waals surface area contributed by atoms with E-state index in [0.717, 1.165) is 64.8 Å². The summed E-state index contributed by atoms with van der Waals surface area (Å²) in [6.45, 7) is 13.6. The van der Waals surface area contributed by atoms with Gasteiger partial charge in [0.2, 0.25) is 12.5 Å². The summed E-state index contributed by atoms with van der Waals surface area (Å²) in [4.78, 5) is 28.3. The molecular formula is C39H78N3O4+. The van der Waals surface area contributed by atoms with Crippen LogP contribution < -0.4 is 5.73 Å². The van der Waals surface area contributed by atoms with Crippen molar-refractivity contribution in [3.63, 3.8) is 0 Å². The van der Waals surface area contributed by atoms with Crippen molar-refractivity contribution in [2.45, 2.75) is 201 Å². The minimum absolute atomic E-state index is 0.119. The average molecular weight is 653 g/mol. The third-order valence-corrected chi connectivity index (χ3v) is 10.4. The summed E-state index contributed by atoms with van der Waals surface area (Å²) in [5, 5.41) is 0. The molecule has 46 heavy (non-hydrogen) atoms. The number of ether oxygens (including phenoxy) is 2. The zero-order valence-electron chi connectivity index (χ0n) is 31.2. The number of nitrogens with zero attached hydrogens (tertiary/aromatic N) is 2. The van der Waals surface area contributed by atoms with E-state index in [1.54, 1.807) is 0 Å². The zero-order chi connectivity index (χ0) is 33.7. The van der Waals surface area contributed by atoms with E-state index in [4.69, 9.17) is 15.2 Å². The summed E-state index contributed by atoms with van der Waals surface area (Å²) in [5.41, 5.74) is 5.76. The standard InChI is InChI=1S/C39H78N3O4/c1-5-7-9-11-13-15-17-19-21-23-25-28-38(43)45-36(3)42(34-32-41(33-35-42)31-27-30-40)37(4)46-39(44)29-26-24-22-20-18-16-14-12-10-8-6-2/h36-37H,5-35,40H2,1-4H3/q+1. The maximum absolute atomic E-state index is 12.9. The highest BCUT2D eigenvalue weighted by Gasteiger charge is 2.46. The maximum Gasteiger partial charge on any atom is 0.310 e. The second kappa shape index (κ2) is 28.8. The Bertz CT molecular complexity index is 678. The molecule has 7 nitrogen and oxygen atoms in total. The van der Waals surface area contributed by atoms with Gasteiger partial charge in [0.1, 0.15) is 0 Å². The van der Waals surface area contributed by atoms with Gasteiger partial charge in [0.25, 0.3) is 0 Å². The number of carbonyl (C=O) groups excluding carboxylic acids is 2. The van der Waals surface area contributed by atoms with Crippen LogP contribution in [-0.2, 0) is 19.1 Å². The Labute approximate surface area is 285 Å². The van der Waals surface area contributed by atoms with Crippen LogP contribution in [0.1, 0.15) is 188 Å². The Hall–Kier alpha value is -1.18. The molecule has 2 atom stereocenters. The highest BCUT2D eigenvalue weighted by Crippen LogP contribution is 2.26. The van der Waals surface area contributed by atoms with Gasteiger partial charge in [-0.05, 0) is 32.4 Å². The number of quaternary nitrogens is 1. The predicted molar refractivity (Wildman–Crippen MR) is 193 cm³/mol. The van der Waals surface area contributed by atoms with Crippen LogP contribution in [-0.4, -0.2) is 73.0 Å². The van der Waals surface area contributed by atoms with E-state index in [2.05, 4.69) is 18.7 Å². The SMILES string of the molecule is CCCCCCCCCCCCCC(=O)OC(C)[N+]1(C(C)OC(=O)CCCCCCCCCCCCC)CCN(CCCN)CC1. The smallest absolute Gasteiger partial charge is 0.310 e. The predicted octanol–water partition coefficient (Wildman–Crippen LogP) is 9.65. The minimum atomic E-state index is -0.346. The first-order valence-corrected chi connectivity index (χ1v) is 20.1. The van der Waals surface area contributed by atoms with Gasteiger partial charge in [-0.1, -0.05) is 142 Å². The summed E-state index contributed by atoms with van der Waals surface area (Å²) in [7, 11) is 0. The normalized spacial score (nSPS) is 16.3. The van der Waals surface area contributed by atoms with E-state index in [0.29, 0.717) is 23.9 Å². The number of unbranched alkanes of at least 4 members (excludes halogenated alkanes) is 20. The van der Waals surface area contributed by atoms with Crippen molar-refractivity contribution < 1.29 is 23.5 Å². The third kappa shape index (κ3) is 20.2. The van der Waals surface area contributed by atoms with Crippen LogP contribution in [0.25, 0.3) is 0 Å². The number of hydrogen-bond donors (Lipinski definition) is 1. The van der Waals surface area contributed by atoms with Gasteiger partial charge in [-0.15, -0.1) is 0 Å². The van der Waals surface area contributed by atoms with Gasteiger partial charge in [-0.2, -0.15) is 0 Å². The topological polar surface area (TPSA) is 81.9 Å². The molecule has 1 saturated heterocycles. The number of piperazine rings is 1. The summed E-state index contributed by atoms with van der Waals surface area (Å²) >= 11 is 0. The molecule has 1 fully saturated rings. The van der Waals surface area contributed by atoms with Gasteiger partial charge >= 0.3 is 11.9 Å². The lowest BCUT2D eigenvalue weighted by atomic mass is 10.1. The van der Waals surface area contributed by atoms with Gasteiger partial charge in [0.15, 0.2) is 0 Å². The molecule has 0 saturated carbocycles.